The topological polar surface area (TPSA) is 29.3 Å². The van der Waals surface area contributed by atoms with Gasteiger partial charge in [-0.25, -0.2) is 0 Å². The van der Waals surface area contributed by atoms with Crippen LogP contribution in [0, 0.1) is 23.7 Å². The number of piperidine rings is 1. The summed E-state index contributed by atoms with van der Waals surface area (Å²) >= 11 is 0. The van der Waals surface area contributed by atoms with E-state index < -0.39 is 0 Å². The lowest BCUT2D eigenvalue weighted by Crippen LogP contribution is -2.42. The summed E-state index contributed by atoms with van der Waals surface area (Å²) in [5, 5.41) is 0. The number of likely N-dealkylation sites (tertiary alicyclic amines) is 1. The lowest BCUT2D eigenvalue weighted by atomic mass is 9.87. The first-order valence-electron chi connectivity index (χ1n) is 6.95. The van der Waals surface area contributed by atoms with Gasteiger partial charge in [0, 0.05) is 13.1 Å². The van der Waals surface area contributed by atoms with Crippen LogP contribution in [0.1, 0.15) is 40.5 Å². The van der Waals surface area contributed by atoms with Gasteiger partial charge in [0.1, 0.15) is 0 Å². The molecule has 1 aliphatic rings. The van der Waals surface area contributed by atoms with E-state index in [9.17, 15) is 0 Å². The van der Waals surface area contributed by atoms with Crippen LogP contribution in [0.5, 0.6) is 0 Å². The Bertz CT molecular complexity index is 191. The molecule has 0 aromatic carbocycles. The van der Waals surface area contributed by atoms with E-state index in [0.717, 1.165) is 24.3 Å². The standard InChI is InChI=1S/C14H30N2/c1-11(2)7-14(8-15)10-16-6-5-12(3)13(4)9-16/h11-14H,5-10,15H2,1-4H3. The fourth-order valence-corrected chi connectivity index (χ4v) is 2.79. The molecule has 0 amide bonds. The molecule has 96 valence electrons. The minimum absolute atomic E-state index is 0.695. The van der Waals surface area contributed by atoms with E-state index in [1.54, 1.807) is 0 Å². The van der Waals surface area contributed by atoms with E-state index >= 15 is 0 Å². The summed E-state index contributed by atoms with van der Waals surface area (Å²) in [7, 11) is 0. The molecule has 1 aliphatic heterocycles. The van der Waals surface area contributed by atoms with Crippen molar-refractivity contribution in [2.45, 2.75) is 40.5 Å². The lowest BCUT2D eigenvalue weighted by molar-refractivity contribution is 0.117. The van der Waals surface area contributed by atoms with Crippen molar-refractivity contribution in [1.82, 2.24) is 4.90 Å². The second-order valence-electron chi connectivity index (χ2n) is 6.23. The number of hydrogen-bond acceptors (Lipinski definition) is 2. The predicted molar refractivity (Wildman–Crippen MR) is 71.4 cm³/mol. The largest absolute Gasteiger partial charge is 0.330 e. The normalized spacial score (nSPS) is 29.6. The lowest BCUT2D eigenvalue weighted by Gasteiger charge is -2.37. The zero-order chi connectivity index (χ0) is 12.1. The van der Waals surface area contributed by atoms with Gasteiger partial charge in [-0.1, -0.05) is 27.7 Å². The monoisotopic (exact) mass is 226 g/mol. The van der Waals surface area contributed by atoms with Crippen LogP contribution in [-0.4, -0.2) is 31.1 Å². The molecule has 16 heavy (non-hydrogen) atoms. The van der Waals surface area contributed by atoms with Crippen molar-refractivity contribution in [3.05, 3.63) is 0 Å². The second kappa shape index (κ2) is 6.61. The van der Waals surface area contributed by atoms with Crippen LogP contribution in [0.2, 0.25) is 0 Å². The third kappa shape index (κ3) is 4.42. The number of nitrogens with two attached hydrogens (primary N) is 1. The molecule has 0 aromatic rings. The maximum absolute atomic E-state index is 5.87. The zero-order valence-corrected chi connectivity index (χ0v) is 11.6. The van der Waals surface area contributed by atoms with Crippen molar-refractivity contribution in [3.8, 4) is 0 Å². The van der Waals surface area contributed by atoms with Crippen LogP contribution in [0.25, 0.3) is 0 Å². The Morgan fingerprint density at radius 2 is 1.94 bits per heavy atom. The van der Waals surface area contributed by atoms with Gasteiger partial charge < -0.3 is 10.6 Å². The predicted octanol–water partition coefficient (Wildman–Crippen LogP) is 2.59. The van der Waals surface area contributed by atoms with Crippen molar-refractivity contribution in [3.63, 3.8) is 0 Å². The Hall–Kier alpha value is -0.0800. The molecule has 0 radical (unpaired) electrons. The van der Waals surface area contributed by atoms with Crippen molar-refractivity contribution in [2.75, 3.05) is 26.2 Å². The minimum atomic E-state index is 0.695. The maximum atomic E-state index is 5.87. The van der Waals surface area contributed by atoms with Crippen LogP contribution in [-0.2, 0) is 0 Å². The highest BCUT2D eigenvalue weighted by Crippen LogP contribution is 2.23. The third-order valence-electron chi connectivity index (χ3n) is 4.07. The summed E-state index contributed by atoms with van der Waals surface area (Å²) in [6.07, 6.45) is 2.64. The van der Waals surface area contributed by atoms with Gasteiger partial charge in [0.15, 0.2) is 0 Å². The van der Waals surface area contributed by atoms with Crippen molar-refractivity contribution in [1.29, 1.82) is 0 Å². The van der Waals surface area contributed by atoms with Gasteiger partial charge in [0.05, 0.1) is 0 Å². The Balaban J connectivity index is 2.35. The molecule has 0 aliphatic carbocycles. The van der Waals surface area contributed by atoms with E-state index in [2.05, 4.69) is 32.6 Å². The summed E-state index contributed by atoms with van der Waals surface area (Å²) in [4.78, 5) is 2.63. The average Bonchev–Trinajstić information content (AvgIpc) is 2.22. The smallest absolute Gasteiger partial charge is 0.00219 e. The molecule has 0 aromatic heterocycles. The van der Waals surface area contributed by atoms with Crippen molar-refractivity contribution < 1.29 is 0 Å². The molecule has 1 fully saturated rings. The summed E-state index contributed by atoms with van der Waals surface area (Å²) in [5.74, 6) is 3.22. The van der Waals surface area contributed by atoms with Crippen molar-refractivity contribution >= 4 is 0 Å². The van der Waals surface area contributed by atoms with E-state index in [0.29, 0.717) is 5.92 Å². The number of nitrogens with zero attached hydrogens (tertiary/aromatic N) is 1. The van der Waals surface area contributed by atoms with Crippen LogP contribution >= 0.6 is 0 Å². The van der Waals surface area contributed by atoms with Crippen LogP contribution in [0.3, 0.4) is 0 Å². The molecule has 1 saturated heterocycles. The molecule has 3 unspecified atom stereocenters. The average molecular weight is 226 g/mol. The molecule has 2 N–H and O–H groups in total. The van der Waals surface area contributed by atoms with Gasteiger partial charge >= 0.3 is 0 Å². The molecule has 1 rings (SSSR count). The Morgan fingerprint density at radius 1 is 1.25 bits per heavy atom. The van der Waals surface area contributed by atoms with Crippen LogP contribution in [0.15, 0.2) is 0 Å². The van der Waals surface area contributed by atoms with E-state index in [1.807, 2.05) is 0 Å². The Labute approximate surface area is 102 Å². The van der Waals surface area contributed by atoms with E-state index in [1.165, 1.54) is 32.5 Å². The minimum Gasteiger partial charge on any atom is -0.330 e. The van der Waals surface area contributed by atoms with Gasteiger partial charge in [-0.3, -0.25) is 0 Å². The Kier molecular flexibility index (Phi) is 5.77. The van der Waals surface area contributed by atoms with Gasteiger partial charge in [-0.05, 0) is 49.6 Å². The first kappa shape index (κ1) is 14.0. The van der Waals surface area contributed by atoms with E-state index in [4.69, 9.17) is 5.73 Å². The highest BCUT2D eigenvalue weighted by molar-refractivity contribution is 4.77. The molecule has 0 bridgehead atoms. The molecule has 0 saturated carbocycles. The first-order valence-corrected chi connectivity index (χ1v) is 6.95. The number of rotatable bonds is 5. The summed E-state index contributed by atoms with van der Waals surface area (Å²) in [6, 6.07) is 0. The molecule has 2 heteroatoms. The highest BCUT2D eigenvalue weighted by atomic mass is 15.1. The number of hydrogen-bond donors (Lipinski definition) is 1. The highest BCUT2D eigenvalue weighted by Gasteiger charge is 2.24. The SMILES string of the molecule is CC(C)CC(CN)CN1CCC(C)C(C)C1. The molecular weight excluding hydrogens is 196 g/mol. The second-order valence-corrected chi connectivity index (χ2v) is 6.23. The fraction of sp³-hybridized carbons (Fsp3) is 1.00. The Morgan fingerprint density at radius 3 is 2.44 bits per heavy atom. The summed E-state index contributed by atoms with van der Waals surface area (Å²) in [6.45, 7) is 14.0. The van der Waals surface area contributed by atoms with Gasteiger partial charge in [0.25, 0.3) is 0 Å². The fourth-order valence-electron chi connectivity index (χ4n) is 2.79. The summed E-state index contributed by atoms with van der Waals surface area (Å²) < 4.78 is 0. The molecule has 2 nitrogen and oxygen atoms in total. The molecule has 1 heterocycles. The molecule has 0 spiro atoms. The van der Waals surface area contributed by atoms with E-state index in [-0.39, 0.29) is 0 Å². The van der Waals surface area contributed by atoms with Crippen molar-refractivity contribution in [2.24, 2.45) is 29.4 Å². The molecule has 3 atom stereocenters. The molecular formula is C14H30N2. The van der Waals surface area contributed by atoms with Gasteiger partial charge in [0.2, 0.25) is 0 Å². The maximum Gasteiger partial charge on any atom is 0.00219 e. The first-order chi connectivity index (χ1) is 7.52. The van der Waals surface area contributed by atoms with Gasteiger partial charge in [-0.2, -0.15) is 0 Å². The zero-order valence-electron chi connectivity index (χ0n) is 11.6. The summed E-state index contributed by atoms with van der Waals surface area (Å²) in [5.41, 5.74) is 5.87. The van der Waals surface area contributed by atoms with Crippen LogP contribution in [0.4, 0.5) is 0 Å². The third-order valence-corrected chi connectivity index (χ3v) is 4.07. The van der Waals surface area contributed by atoms with Crippen LogP contribution < -0.4 is 5.73 Å². The quantitative estimate of drug-likeness (QED) is 0.781. The van der Waals surface area contributed by atoms with Gasteiger partial charge in [-0.15, -0.1) is 0 Å².